The van der Waals surface area contributed by atoms with Gasteiger partial charge in [-0.3, -0.25) is 9.59 Å². The highest BCUT2D eigenvalue weighted by molar-refractivity contribution is 6.10. The topological polar surface area (TPSA) is 112 Å². The maximum absolute atomic E-state index is 10.9. The average molecular weight is 214 g/mol. The lowest BCUT2D eigenvalue weighted by Gasteiger charge is -2.28. The van der Waals surface area contributed by atoms with E-state index in [9.17, 15) is 14.4 Å². The monoisotopic (exact) mass is 214 g/mol. The fourth-order valence-electron chi connectivity index (χ4n) is 1.73. The maximum Gasteiger partial charge on any atom is 0.333 e. The van der Waals surface area contributed by atoms with Gasteiger partial charge in [-0.25, -0.2) is 4.79 Å². The lowest BCUT2D eigenvalue weighted by Crippen LogP contribution is -2.44. The number of hydrogen-bond acceptors (Lipinski definition) is 3. The Morgan fingerprint density at radius 3 is 2.00 bits per heavy atom. The van der Waals surface area contributed by atoms with E-state index in [4.69, 9.17) is 15.3 Å². The van der Waals surface area contributed by atoms with Crippen LogP contribution in [0.3, 0.4) is 0 Å². The molecule has 0 aromatic heterocycles. The van der Waals surface area contributed by atoms with E-state index in [1.807, 2.05) is 0 Å². The predicted molar refractivity (Wildman–Crippen MR) is 47.3 cm³/mol. The zero-order valence-corrected chi connectivity index (χ0v) is 7.77. The SMILES string of the molecule is O=C(O)C1=CCCCC1(C(=O)O)C(=O)O. The highest BCUT2D eigenvalue weighted by atomic mass is 16.4. The molecule has 0 atom stereocenters. The van der Waals surface area contributed by atoms with Gasteiger partial charge in [0, 0.05) is 0 Å². The third kappa shape index (κ3) is 1.58. The molecule has 0 fully saturated rings. The van der Waals surface area contributed by atoms with Gasteiger partial charge in [0.2, 0.25) is 0 Å². The van der Waals surface area contributed by atoms with Gasteiger partial charge in [0.15, 0.2) is 5.41 Å². The number of carboxylic acid groups (broad SMARTS) is 3. The quantitative estimate of drug-likeness (QED) is 0.584. The zero-order valence-electron chi connectivity index (χ0n) is 7.77. The van der Waals surface area contributed by atoms with Crippen molar-refractivity contribution in [2.75, 3.05) is 0 Å². The fraction of sp³-hybridized carbons (Fsp3) is 0.444. The molecule has 1 rings (SSSR count). The smallest absolute Gasteiger partial charge is 0.333 e. The maximum atomic E-state index is 10.9. The highest BCUT2D eigenvalue weighted by Gasteiger charge is 2.53. The van der Waals surface area contributed by atoms with Crippen LogP contribution in [0.2, 0.25) is 0 Å². The lowest BCUT2D eigenvalue weighted by atomic mass is 9.72. The van der Waals surface area contributed by atoms with Crippen molar-refractivity contribution < 1.29 is 29.7 Å². The Morgan fingerprint density at radius 1 is 1.13 bits per heavy atom. The van der Waals surface area contributed by atoms with Gasteiger partial charge in [0.1, 0.15) is 0 Å². The van der Waals surface area contributed by atoms with Gasteiger partial charge in [-0.2, -0.15) is 0 Å². The molecule has 0 bridgehead atoms. The van der Waals surface area contributed by atoms with Crippen LogP contribution in [0, 0.1) is 5.41 Å². The van der Waals surface area contributed by atoms with Gasteiger partial charge >= 0.3 is 17.9 Å². The molecule has 0 aliphatic heterocycles. The molecule has 82 valence electrons. The number of hydrogen-bond donors (Lipinski definition) is 3. The summed E-state index contributed by atoms with van der Waals surface area (Å²) in [7, 11) is 0. The van der Waals surface area contributed by atoms with Gasteiger partial charge in [-0.05, 0) is 19.3 Å². The summed E-state index contributed by atoms with van der Waals surface area (Å²) in [5, 5.41) is 26.6. The third-order valence-electron chi connectivity index (χ3n) is 2.52. The summed E-state index contributed by atoms with van der Waals surface area (Å²) >= 11 is 0. The van der Waals surface area contributed by atoms with E-state index >= 15 is 0 Å². The minimum absolute atomic E-state index is 0.185. The second-order valence-electron chi connectivity index (χ2n) is 3.33. The second kappa shape index (κ2) is 3.72. The number of rotatable bonds is 3. The molecule has 6 heteroatoms. The Bertz CT molecular complexity index is 340. The van der Waals surface area contributed by atoms with Crippen LogP contribution in [-0.2, 0) is 14.4 Å². The number of carboxylic acids is 3. The summed E-state index contributed by atoms with van der Waals surface area (Å²) in [6, 6.07) is 0. The van der Waals surface area contributed by atoms with Gasteiger partial charge < -0.3 is 15.3 Å². The predicted octanol–water partition coefficient (Wildman–Crippen LogP) is 0.337. The molecule has 0 aromatic carbocycles. The molecule has 0 aromatic rings. The van der Waals surface area contributed by atoms with E-state index in [0.717, 1.165) is 0 Å². The molecule has 0 saturated heterocycles. The summed E-state index contributed by atoms with van der Waals surface area (Å²) < 4.78 is 0. The molecule has 0 radical (unpaired) electrons. The Balaban J connectivity index is 3.32. The minimum atomic E-state index is -2.29. The normalized spacial score (nSPS) is 19.1. The minimum Gasteiger partial charge on any atom is -0.480 e. The molecular weight excluding hydrogens is 204 g/mol. The van der Waals surface area contributed by atoms with Crippen LogP contribution < -0.4 is 0 Å². The van der Waals surface area contributed by atoms with Crippen molar-refractivity contribution >= 4 is 17.9 Å². The molecule has 1 aliphatic carbocycles. The van der Waals surface area contributed by atoms with E-state index in [2.05, 4.69) is 0 Å². The third-order valence-corrected chi connectivity index (χ3v) is 2.52. The van der Waals surface area contributed by atoms with E-state index < -0.39 is 28.9 Å². The summed E-state index contributed by atoms with van der Waals surface area (Å²) in [6.07, 6.45) is 1.74. The van der Waals surface area contributed by atoms with Crippen LogP contribution in [0.25, 0.3) is 0 Å². The first-order valence-electron chi connectivity index (χ1n) is 4.33. The Labute approximate surface area is 84.8 Å². The van der Waals surface area contributed by atoms with Crippen LogP contribution >= 0.6 is 0 Å². The van der Waals surface area contributed by atoms with Crippen molar-refractivity contribution in [1.82, 2.24) is 0 Å². The molecule has 0 spiro atoms. The van der Waals surface area contributed by atoms with E-state index in [1.54, 1.807) is 0 Å². The van der Waals surface area contributed by atoms with E-state index in [0.29, 0.717) is 12.8 Å². The molecule has 0 amide bonds. The number of carbonyl (C=O) groups is 3. The van der Waals surface area contributed by atoms with Crippen molar-refractivity contribution in [3.8, 4) is 0 Å². The van der Waals surface area contributed by atoms with Crippen LogP contribution in [-0.4, -0.2) is 33.2 Å². The first-order valence-corrected chi connectivity index (χ1v) is 4.33. The molecule has 6 nitrogen and oxygen atoms in total. The van der Waals surface area contributed by atoms with E-state index in [-0.39, 0.29) is 6.42 Å². The first-order chi connectivity index (χ1) is 6.93. The van der Waals surface area contributed by atoms with Crippen LogP contribution in [0.4, 0.5) is 0 Å². The molecule has 1 aliphatic rings. The van der Waals surface area contributed by atoms with Crippen molar-refractivity contribution in [2.45, 2.75) is 19.3 Å². The van der Waals surface area contributed by atoms with Crippen LogP contribution in [0.1, 0.15) is 19.3 Å². The summed E-state index contributed by atoms with van der Waals surface area (Å²) in [5.74, 6) is -4.73. The zero-order chi connectivity index (χ0) is 11.6. The molecule has 3 N–H and O–H groups in total. The molecule has 15 heavy (non-hydrogen) atoms. The summed E-state index contributed by atoms with van der Waals surface area (Å²) in [5.41, 5.74) is -2.84. The van der Waals surface area contributed by atoms with E-state index in [1.165, 1.54) is 6.08 Å². The average Bonchev–Trinajstić information content (AvgIpc) is 2.16. The van der Waals surface area contributed by atoms with Crippen molar-refractivity contribution in [2.24, 2.45) is 5.41 Å². The number of allylic oxidation sites excluding steroid dienone is 1. The van der Waals surface area contributed by atoms with Gasteiger partial charge in [-0.15, -0.1) is 0 Å². The molecule has 0 heterocycles. The Kier molecular flexibility index (Phi) is 2.78. The fourth-order valence-corrected chi connectivity index (χ4v) is 1.73. The van der Waals surface area contributed by atoms with Gasteiger partial charge in [-0.1, -0.05) is 6.08 Å². The lowest BCUT2D eigenvalue weighted by molar-refractivity contribution is -0.165. The first kappa shape index (κ1) is 11.2. The van der Waals surface area contributed by atoms with Crippen molar-refractivity contribution in [1.29, 1.82) is 0 Å². The largest absolute Gasteiger partial charge is 0.480 e. The van der Waals surface area contributed by atoms with Gasteiger partial charge in [0.25, 0.3) is 0 Å². The highest BCUT2D eigenvalue weighted by Crippen LogP contribution is 2.38. The number of aliphatic carboxylic acids is 3. The van der Waals surface area contributed by atoms with Crippen LogP contribution in [0.15, 0.2) is 11.6 Å². The van der Waals surface area contributed by atoms with Crippen molar-refractivity contribution in [3.63, 3.8) is 0 Å². The Morgan fingerprint density at radius 2 is 1.67 bits per heavy atom. The van der Waals surface area contributed by atoms with Crippen LogP contribution in [0.5, 0.6) is 0 Å². The standard InChI is InChI=1S/C9H10O6/c10-6(11)5-3-1-2-4-9(5,7(12)13)8(14)15/h3H,1-2,4H2,(H,10,11)(H,12,13)(H,14,15). The second-order valence-corrected chi connectivity index (χ2v) is 3.33. The van der Waals surface area contributed by atoms with Gasteiger partial charge in [0.05, 0.1) is 5.57 Å². The molecule has 0 saturated carbocycles. The Hall–Kier alpha value is -1.85. The summed E-state index contributed by atoms with van der Waals surface area (Å²) in [4.78, 5) is 32.7. The summed E-state index contributed by atoms with van der Waals surface area (Å²) in [6.45, 7) is 0. The molecule has 0 unspecified atom stereocenters. The molecular formula is C9H10O6. The van der Waals surface area contributed by atoms with Crippen molar-refractivity contribution in [3.05, 3.63) is 11.6 Å².